The van der Waals surface area contributed by atoms with Gasteiger partial charge in [0.05, 0.1) is 18.6 Å². The minimum atomic E-state index is -3.59. The molecule has 0 amide bonds. The molecule has 0 aromatic carbocycles. The van der Waals surface area contributed by atoms with Crippen LogP contribution in [0.3, 0.4) is 0 Å². The maximum atomic E-state index is 13.4. The van der Waals surface area contributed by atoms with E-state index in [4.69, 9.17) is 4.74 Å². The van der Waals surface area contributed by atoms with Crippen LogP contribution in [0, 0.1) is 12.8 Å². The van der Waals surface area contributed by atoms with Crippen molar-refractivity contribution in [2.45, 2.75) is 31.6 Å². The topological polar surface area (TPSA) is 75.6 Å². The Bertz CT molecular complexity index is 898. The van der Waals surface area contributed by atoms with E-state index in [0.29, 0.717) is 42.5 Å². The molecule has 2 fully saturated rings. The standard InChI is InChI=1S/C17H24N4O3S2/c1-12-3-5-20(6-4-12)16-14-15(13(2)25-17(14)19-11-18-16)26(22,23)21-7-9-24-10-8-21/h11-12H,3-10H2,1-2H3. The molecule has 2 aromatic heterocycles. The second kappa shape index (κ2) is 7.03. The van der Waals surface area contributed by atoms with Gasteiger partial charge in [0, 0.05) is 31.1 Å². The third-order valence-corrected chi connectivity index (χ3v) is 8.45. The highest BCUT2D eigenvalue weighted by Crippen LogP contribution is 2.40. The molecule has 142 valence electrons. The highest BCUT2D eigenvalue weighted by molar-refractivity contribution is 7.89. The molecule has 2 aliphatic heterocycles. The Morgan fingerprint density at radius 2 is 1.85 bits per heavy atom. The summed E-state index contributed by atoms with van der Waals surface area (Å²) in [6.45, 7) is 7.59. The normalized spacial score (nSPS) is 20.8. The van der Waals surface area contributed by atoms with Gasteiger partial charge in [-0.3, -0.25) is 0 Å². The SMILES string of the molecule is Cc1sc2ncnc(N3CCC(C)CC3)c2c1S(=O)(=O)N1CCOCC1. The third kappa shape index (κ3) is 3.11. The van der Waals surface area contributed by atoms with Crippen LogP contribution in [0.2, 0.25) is 0 Å². The molecule has 2 aromatic rings. The van der Waals surface area contributed by atoms with E-state index in [9.17, 15) is 8.42 Å². The highest BCUT2D eigenvalue weighted by atomic mass is 32.2. The van der Waals surface area contributed by atoms with Crippen LogP contribution in [0.1, 0.15) is 24.6 Å². The van der Waals surface area contributed by atoms with Crippen molar-refractivity contribution in [2.24, 2.45) is 5.92 Å². The first-order valence-corrected chi connectivity index (χ1v) is 11.3. The van der Waals surface area contributed by atoms with Gasteiger partial charge in [-0.05, 0) is 25.7 Å². The van der Waals surface area contributed by atoms with Crippen molar-refractivity contribution in [1.29, 1.82) is 0 Å². The van der Waals surface area contributed by atoms with E-state index in [1.807, 2.05) is 6.92 Å². The first-order valence-electron chi connectivity index (χ1n) is 9.05. The summed E-state index contributed by atoms with van der Waals surface area (Å²) in [5.41, 5.74) is 0. The van der Waals surface area contributed by atoms with E-state index in [2.05, 4.69) is 21.8 Å². The second-order valence-corrected chi connectivity index (χ2v) is 10.1. The number of piperidine rings is 1. The van der Waals surface area contributed by atoms with Crippen LogP contribution >= 0.6 is 11.3 Å². The van der Waals surface area contributed by atoms with Crippen molar-refractivity contribution in [3.05, 3.63) is 11.2 Å². The summed E-state index contributed by atoms with van der Waals surface area (Å²) in [5.74, 6) is 1.46. The second-order valence-electron chi connectivity index (χ2n) is 7.05. The summed E-state index contributed by atoms with van der Waals surface area (Å²) < 4.78 is 33.6. The molecule has 0 unspecified atom stereocenters. The van der Waals surface area contributed by atoms with Crippen LogP contribution in [0.4, 0.5) is 5.82 Å². The molecular formula is C17H24N4O3S2. The third-order valence-electron chi connectivity index (χ3n) is 5.24. The zero-order chi connectivity index (χ0) is 18.3. The first-order chi connectivity index (χ1) is 12.5. The number of hydrogen-bond acceptors (Lipinski definition) is 7. The molecule has 26 heavy (non-hydrogen) atoms. The van der Waals surface area contributed by atoms with Crippen LogP contribution < -0.4 is 4.90 Å². The summed E-state index contributed by atoms with van der Waals surface area (Å²) in [6.07, 6.45) is 3.75. The first kappa shape index (κ1) is 18.1. The Balaban J connectivity index is 1.83. The number of hydrogen-bond donors (Lipinski definition) is 0. The van der Waals surface area contributed by atoms with Crippen LogP contribution in [0.15, 0.2) is 11.2 Å². The van der Waals surface area contributed by atoms with Gasteiger partial charge < -0.3 is 9.64 Å². The van der Waals surface area contributed by atoms with E-state index in [0.717, 1.165) is 41.5 Å². The van der Waals surface area contributed by atoms with Gasteiger partial charge >= 0.3 is 0 Å². The van der Waals surface area contributed by atoms with E-state index in [1.165, 1.54) is 15.6 Å². The lowest BCUT2D eigenvalue weighted by Gasteiger charge is -2.32. The summed E-state index contributed by atoms with van der Waals surface area (Å²) in [7, 11) is -3.59. The molecule has 0 N–H and O–H groups in total. The van der Waals surface area contributed by atoms with Crippen molar-refractivity contribution in [3.8, 4) is 0 Å². The van der Waals surface area contributed by atoms with E-state index < -0.39 is 10.0 Å². The van der Waals surface area contributed by atoms with E-state index in [1.54, 1.807) is 6.33 Å². The number of nitrogens with zero attached hydrogens (tertiary/aromatic N) is 4. The van der Waals surface area contributed by atoms with Gasteiger partial charge in [0.1, 0.15) is 21.9 Å². The molecule has 7 nitrogen and oxygen atoms in total. The van der Waals surface area contributed by atoms with Gasteiger partial charge in [-0.2, -0.15) is 4.31 Å². The minimum absolute atomic E-state index is 0.383. The predicted molar refractivity (Wildman–Crippen MR) is 102 cm³/mol. The molecule has 2 saturated heterocycles. The van der Waals surface area contributed by atoms with E-state index >= 15 is 0 Å². The Morgan fingerprint density at radius 3 is 2.54 bits per heavy atom. The molecule has 2 aliphatic rings. The number of aromatic nitrogens is 2. The molecule has 0 radical (unpaired) electrons. The molecule has 0 bridgehead atoms. The Labute approximate surface area is 158 Å². The van der Waals surface area contributed by atoms with Crippen LogP contribution in [0.25, 0.3) is 10.2 Å². The van der Waals surface area contributed by atoms with Gasteiger partial charge in [-0.25, -0.2) is 18.4 Å². The number of thiophene rings is 1. The van der Waals surface area contributed by atoms with Crippen molar-refractivity contribution in [3.63, 3.8) is 0 Å². The number of fused-ring (bicyclic) bond motifs is 1. The fraction of sp³-hybridized carbons (Fsp3) is 0.647. The zero-order valence-corrected chi connectivity index (χ0v) is 16.8. The van der Waals surface area contributed by atoms with E-state index in [-0.39, 0.29) is 0 Å². The number of ether oxygens (including phenoxy) is 1. The highest BCUT2D eigenvalue weighted by Gasteiger charge is 2.33. The van der Waals surface area contributed by atoms with Crippen LogP contribution in [-0.4, -0.2) is 62.1 Å². The fourth-order valence-corrected chi connectivity index (χ4v) is 6.77. The number of aryl methyl sites for hydroxylation is 1. The van der Waals surface area contributed by atoms with Gasteiger partial charge in [-0.1, -0.05) is 6.92 Å². The summed E-state index contributed by atoms with van der Waals surface area (Å²) >= 11 is 1.43. The van der Waals surface area contributed by atoms with Crippen molar-refractivity contribution in [1.82, 2.24) is 14.3 Å². The summed E-state index contributed by atoms with van der Waals surface area (Å²) in [5, 5.41) is 0.691. The van der Waals surface area contributed by atoms with Gasteiger partial charge in [0.25, 0.3) is 0 Å². The average molecular weight is 397 g/mol. The Morgan fingerprint density at radius 1 is 1.15 bits per heavy atom. The lowest BCUT2D eigenvalue weighted by molar-refractivity contribution is 0.0730. The quantitative estimate of drug-likeness (QED) is 0.792. The summed E-state index contributed by atoms with van der Waals surface area (Å²) in [6, 6.07) is 0. The molecule has 0 aliphatic carbocycles. The zero-order valence-electron chi connectivity index (χ0n) is 15.1. The molecule has 4 rings (SSSR count). The lowest BCUT2D eigenvalue weighted by Crippen LogP contribution is -2.41. The molecular weight excluding hydrogens is 372 g/mol. The molecule has 0 saturated carbocycles. The maximum Gasteiger partial charge on any atom is 0.245 e. The lowest BCUT2D eigenvalue weighted by atomic mass is 9.99. The van der Waals surface area contributed by atoms with Gasteiger partial charge in [0.15, 0.2) is 0 Å². The minimum Gasteiger partial charge on any atom is -0.379 e. The predicted octanol–water partition coefficient (Wildman–Crippen LogP) is 2.26. The molecule has 4 heterocycles. The smallest absolute Gasteiger partial charge is 0.245 e. The maximum absolute atomic E-state index is 13.4. The van der Waals surface area contributed by atoms with Crippen LogP contribution in [-0.2, 0) is 14.8 Å². The molecule has 0 spiro atoms. The van der Waals surface area contributed by atoms with Crippen molar-refractivity contribution in [2.75, 3.05) is 44.3 Å². The monoisotopic (exact) mass is 396 g/mol. The van der Waals surface area contributed by atoms with Crippen molar-refractivity contribution >= 4 is 37.4 Å². The summed E-state index contributed by atoms with van der Waals surface area (Å²) in [4.78, 5) is 13.0. The Hall–Kier alpha value is -1.29. The number of sulfonamides is 1. The van der Waals surface area contributed by atoms with Gasteiger partial charge in [-0.15, -0.1) is 11.3 Å². The fourth-order valence-electron chi connectivity index (χ4n) is 3.69. The number of anilines is 1. The Kier molecular flexibility index (Phi) is 4.89. The largest absolute Gasteiger partial charge is 0.379 e. The average Bonchev–Trinajstić information content (AvgIpc) is 2.99. The molecule has 9 heteroatoms. The van der Waals surface area contributed by atoms with Crippen LogP contribution in [0.5, 0.6) is 0 Å². The number of morpholine rings is 1. The van der Waals surface area contributed by atoms with Gasteiger partial charge in [0.2, 0.25) is 10.0 Å². The molecule has 0 atom stereocenters. The number of rotatable bonds is 3. The van der Waals surface area contributed by atoms with Crippen molar-refractivity contribution < 1.29 is 13.2 Å².